The number of carbonyl (C=O) groups excluding carboxylic acids is 2. The Morgan fingerprint density at radius 1 is 1.23 bits per heavy atom. The van der Waals surface area contributed by atoms with Crippen LogP contribution in [0.2, 0.25) is 0 Å². The van der Waals surface area contributed by atoms with Crippen molar-refractivity contribution in [2.75, 3.05) is 26.6 Å². The lowest BCUT2D eigenvalue weighted by molar-refractivity contribution is -0.111. The van der Waals surface area contributed by atoms with E-state index >= 15 is 0 Å². The summed E-state index contributed by atoms with van der Waals surface area (Å²) < 4.78 is 16.3. The summed E-state index contributed by atoms with van der Waals surface area (Å²) in [5, 5.41) is 3.40. The second-order valence-electron chi connectivity index (χ2n) is 7.11. The fourth-order valence-electron chi connectivity index (χ4n) is 3.52. The number of hydrogen-bond acceptors (Lipinski definition) is 6. The maximum Gasteiger partial charge on any atom is 0.341 e. The summed E-state index contributed by atoms with van der Waals surface area (Å²) >= 11 is 4.90. The third kappa shape index (κ3) is 4.70. The summed E-state index contributed by atoms with van der Waals surface area (Å²) in [5.41, 5.74) is 2.26. The number of rotatable bonds is 6. The Kier molecular flexibility index (Phi) is 7.20. The third-order valence-electron chi connectivity index (χ3n) is 5.02. The van der Waals surface area contributed by atoms with E-state index in [4.69, 9.17) is 14.2 Å². The highest BCUT2D eigenvalue weighted by molar-refractivity contribution is 9.10. The minimum atomic E-state index is -0.412. The molecule has 0 saturated carbocycles. The van der Waals surface area contributed by atoms with Crippen LogP contribution in [0.1, 0.15) is 39.7 Å². The summed E-state index contributed by atoms with van der Waals surface area (Å²) in [7, 11) is 4.47. The minimum absolute atomic E-state index is 0.322. The Balaban J connectivity index is 1.83. The van der Waals surface area contributed by atoms with Crippen molar-refractivity contribution in [1.82, 2.24) is 0 Å². The molecule has 2 aromatic rings. The molecule has 1 aromatic heterocycles. The molecule has 160 valence electrons. The normalized spacial score (nSPS) is 15.6. The number of hydrogen-bond donors (Lipinski definition) is 1. The molecule has 30 heavy (non-hydrogen) atoms. The first-order valence-corrected chi connectivity index (χ1v) is 11.1. The van der Waals surface area contributed by atoms with Crippen LogP contribution in [0.25, 0.3) is 6.08 Å². The summed E-state index contributed by atoms with van der Waals surface area (Å²) in [6.07, 6.45) is 5.86. The molecule has 1 aromatic carbocycles. The fourth-order valence-corrected chi connectivity index (χ4v) is 5.54. The van der Waals surface area contributed by atoms with Crippen LogP contribution in [0, 0.1) is 5.92 Å². The zero-order valence-electron chi connectivity index (χ0n) is 17.3. The molecule has 1 atom stereocenters. The Morgan fingerprint density at radius 3 is 2.67 bits per heavy atom. The van der Waals surface area contributed by atoms with Crippen LogP contribution in [0.3, 0.4) is 0 Å². The lowest BCUT2D eigenvalue weighted by Crippen LogP contribution is -2.14. The molecule has 0 radical (unpaired) electrons. The molecule has 0 saturated heterocycles. The van der Waals surface area contributed by atoms with Gasteiger partial charge in [0.2, 0.25) is 5.91 Å². The van der Waals surface area contributed by atoms with Gasteiger partial charge in [0, 0.05) is 11.0 Å². The van der Waals surface area contributed by atoms with E-state index in [1.165, 1.54) is 24.5 Å². The van der Waals surface area contributed by atoms with Gasteiger partial charge in [0.05, 0.1) is 31.4 Å². The second-order valence-corrected chi connectivity index (χ2v) is 9.07. The monoisotopic (exact) mass is 493 g/mol. The summed E-state index contributed by atoms with van der Waals surface area (Å²) in [6, 6.07) is 3.61. The molecule has 1 aliphatic carbocycles. The summed E-state index contributed by atoms with van der Waals surface area (Å²) in [4.78, 5) is 26.1. The van der Waals surface area contributed by atoms with Gasteiger partial charge in [-0.3, -0.25) is 4.79 Å². The topological polar surface area (TPSA) is 73.9 Å². The lowest BCUT2D eigenvalue weighted by Gasteiger charge is -2.18. The van der Waals surface area contributed by atoms with Gasteiger partial charge in [-0.1, -0.05) is 6.92 Å². The maximum absolute atomic E-state index is 12.6. The van der Waals surface area contributed by atoms with E-state index < -0.39 is 5.97 Å². The molecule has 0 bridgehead atoms. The number of anilines is 1. The first-order valence-electron chi connectivity index (χ1n) is 9.51. The van der Waals surface area contributed by atoms with Crippen LogP contribution < -0.4 is 14.8 Å². The predicted molar refractivity (Wildman–Crippen MR) is 122 cm³/mol. The van der Waals surface area contributed by atoms with E-state index in [9.17, 15) is 9.59 Å². The van der Waals surface area contributed by atoms with E-state index in [0.717, 1.165) is 39.7 Å². The number of carbonyl (C=O) groups is 2. The standard InChI is InChI=1S/C22H24BrNO5S/c1-12-5-7-14-17(9-12)30-21(19(14)22(26)29-4)24-18(25)8-6-13-10-15(23)20(28-3)16(11-13)27-2/h6,8,10-12H,5,7,9H2,1-4H3,(H,24,25). The zero-order chi connectivity index (χ0) is 21.8. The average molecular weight is 494 g/mol. The first kappa shape index (κ1) is 22.4. The molecule has 3 rings (SSSR count). The van der Waals surface area contributed by atoms with Gasteiger partial charge >= 0.3 is 5.97 Å². The highest BCUT2D eigenvalue weighted by Gasteiger charge is 2.28. The summed E-state index contributed by atoms with van der Waals surface area (Å²) in [5.74, 6) is 0.969. The van der Waals surface area contributed by atoms with Crippen molar-refractivity contribution >= 4 is 50.2 Å². The quantitative estimate of drug-likeness (QED) is 0.447. The van der Waals surface area contributed by atoms with Crippen LogP contribution in [0.4, 0.5) is 5.00 Å². The average Bonchev–Trinajstić information content (AvgIpc) is 3.07. The second kappa shape index (κ2) is 9.66. The molecule has 0 spiro atoms. The fraction of sp³-hybridized carbons (Fsp3) is 0.364. The molecule has 1 aliphatic rings. The molecule has 0 fully saturated rings. The lowest BCUT2D eigenvalue weighted by atomic mass is 9.88. The van der Waals surface area contributed by atoms with Gasteiger partial charge in [-0.15, -0.1) is 11.3 Å². The van der Waals surface area contributed by atoms with Crippen molar-refractivity contribution in [1.29, 1.82) is 0 Å². The number of ether oxygens (including phenoxy) is 3. The van der Waals surface area contributed by atoms with E-state index in [1.807, 2.05) is 6.07 Å². The Morgan fingerprint density at radius 2 is 2.00 bits per heavy atom. The maximum atomic E-state index is 12.6. The molecule has 0 aliphatic heterocycles. The Hall–Kier alpha value is -2.32. The number of amides is 1. The SMILES string of the molecule is COC(=O)c1c(NC(=O)C=Cc2cc(Br)c(OC)c(OC)c2)sc2c1CCC(C)C2. The number of thiophene rings is 1. The van der Waals surface area contributed by atoms with Gasteiger partial charge in [-0.2, -0.15) is 0 Å². The van der Waals surface area contributed by atoms with Crippen molar-refractivity contribution in [3.05, 3.63) is 44.2 Å². The van der Waals surface area contributed by atoms with E-state index in [2.05, 4.69) is 28.2 Å². The smallest absolute Gasteiger partial charge is 0.341 e. The van der Waals surface area contributed by atoms with Gasteiger partial charge in [0.1, 0.15) is 5.00 Å². The predicted octanol–water partition coefficient (Wildman–Crippen LogP) is 5.09. The molecule has 1 heterocycles. The van der Waals surface area contributed by atoms with Crippen molar-refractivity contribution in [2.24, 2.45) is 5.92 Å². The molecule has 1 unspecified atom stereocenters. The van der Waals surface area contributed by atoms with Gasteiger partial charge in [0.15, 0.2) is 11.5 Å². The molecule has 6 nitrogen and oxygen atoms in total. The summed E-state index contributed by atoms with van der Waals surface area (Å²) in [6.45, 7) is 2.20. The number of methoxy groups -OCH3 is 3. The Bertz CT molecular complexity index is 998. The number of esters is 1. The third-order valence-corrected chi connectivity index (χ3v) is 6.78. The van der Waals surface area contributed by atoms with Crippen molar-refractivity contribution in [2.45, 2.75) is 26.2 Å². The zero-order valence-corrected chi connectivity index (χ0v) is 19.7. The molecule has 1 amide bonds. The van der Waals surface area contributed by atoms with Gasteiger partial charge < -0.3 is 19.5 Å². The van der Waals surface area contributed by atoms with Crippen LogP contribution in [-0.4, -0.2) is 33.2 Å². The van der Waals surface area contributed by atoms with E-state index in [0.29, 0.717) is 28.0 Å². The Labute approximate surface area is 188 Å². The van der Waals surface area contributed by atoms with Crippen LogP contribution in [0.15, 0.2) is 22.7 Å². The van der Waals surface area contributed by atoms with E-state index in [-0.39, 0.29) is 5.91 Å². The first-order chi connectivity index (χ1) is 14.4. The van der Waals surface area contributed by atoms with Gasteiger partial charge in [0.25, 0.3) is 0 Å². The van der Waals surface area contributed by atoms with Gasteiger partial charge in [-0.25, -0.2) is 4.79 Å². The number of benzene rings is 1. The van der Waals surface area contributed by atoms with Gasteiger partial charge in [-0.05, 0) is 70.4 Å². The highest BCUT2D eigenvalue weighted by atomic mass is 79.9. The van der Waals surface area contributed by atoms with Crippen molar-refractivity contribution in [3.63, 3.8) is 0 Å². The number of nitrogens with one attached hydrogen (secondary N) is 1. The minimum Gasteiger partial charge on any atom is -0.493 e. The number of halogens is 1. The largest absolute Gasteiger partial charge is 0.493 e. The molecular weight excluding hydrogens is 470 g/mol. The van der Waals surface area contributed by atoms with Crippen LogP contribution >= 0.6 is 27.3 Å². The van der Waals surface area contributed by atoms with Crippen molar-refractivity contribution in [3.8, 4) is 11.5 Å². The molecule has 1 N–H and O–H groups in total. The van der Waals surface area contributed by atoms with Crippen LogP contribution in [-0.2, 0) is 22.4 Å². The van der Waals surface area contributed by atoms with Crippen LogP contribution in [0.5, 0.6) is 11.5 Å². The van der Waals surface area contributed by atoms with Crippen molar-refractivity contribution < 1.29 is 23.8 Å². The molecular formula is C22H24BrNO5S. The number of fused-ring (bicyclic) bond motifs is 1. The molecule has 8 heteroatoms. The highest BCUT2D eigenvalue weighted by Crippen LogP contribution is 2.40. The van der Waals surface area contributed by atoms with E-state index in [1.54, 1.807) is 26.4 Å².